The number of esters is 1. The number of fused-ring (bicyclic) bond motifs is 1. The number of ether oxygens (including phenoxy) is 2. The van der Waals surface area contributed by atoms with Gasteiger partial charge < -0.3 is 14.0 Å². The number of imidazole rings is 1. The topological polar surface area (TPSA) is 90.7 Å². The van der Waals surface area contributed by atoms with Crippen LogP contribution in [0.2, 0.25) is 0 Å². The Balaban J connectivity index is 1.90. The van der Waals surface area contributed by atoms with E-state index in [9.17, 15) is 13.2 Å². The number of sulfonamides is 1. The van der Waals surface area contributed by atoms with Crippen LogP contribution in [0.1, 0.15) is 32.5 Å². The van der Waals surface area contributed by atoms with Crippen LogP contribution in [0.25, 0.3) is 11.0 Å². The minimum atomic E-state index is -3.60. The van der Waals surface area contributed by atoms with E-state index >= 15 is 0 Å². The van der Waals surface area contributed by atoms with Gasteiger partial charge in [-0.2, -0.15) is 4.31 Å². The van der Waals surface area contributed by atoms with E-state index in [2.05, 4.69) is 4.98 Å². The van der Waals surface area contributed by atoms with E-state index in [0.29, 0.717) is 44.2 Å². The van der Waals surface area contributed by atoms with Crippen LogP contribution < -0.4 is 0 Å². The first-order chi connectivity index (χ1) is 14.0. The van der Waals surface area contributed by atoms with Crippen LogP contribution in [0.5, 0.6) is 0 Å². The second kappa shape index (κ2) is 9.51. The first kappa shape index (κ1) is 21.5. The molecule has 0 aliphatic carbocycles. The number of rotatable bonds is 8. The number of morpholine rings is 1. The second-order valence-corrected chi connectivity index (χ2v) is 8.70. The van der Waals surface area contributed by atoms with Crippen molar-refractivity contribution in [1.29, 1.82) is 0 Å². The number of benzene rings is 1. The standard InChI is InChI=1S/C20H27N3O5S/c1-3-5-6-20(24)28-15-19-21-17-14-16(7-8-18(17)23(19)9-4-2)29(25,26)22-10-12-27-13-11-22/h5-8,14H,3-4,9-13,15H2,1-2H3/b6-5+. The van der Waals surface area contributed by atoms with E-state index in [-0.39, 0.29) is 11.5 Å². The highest BCUT2D eigenvalue weighted by molar-refractivity contribution is 7.89. The predicted molar refractivity (Wildman–Crippen MR) is 109 cm³/mol. The molecule has 0 spiro atoms. The third-order valence-electron chi connectivity index (χ3n) is 4.69. The maximum absolute atomic E-state index is 12.9. The van der Waals surface area contributed by atoms with Gasteiger partial charge in [0.2, 0.25) is 10.0 Å². The van der Waals surface area contributed by atoms with Gasteiger partial charge in [-0.25, -0.2) is 18.2 Å². The molecule has 1 aliphatic heterocycles. The average Bonchev–Trinajstić information content (AvgIpc) is 3.08. The van der Waals surface area contributed by atoms with Gasteiger partial charge in [-0.3, -0.25) is 0 Å². The number of allylic oxidation sites excluding steroid dienone is 1. The normalized spacial score (nSPS) is 15.9. The Morgan fingerprint density at radius 3 is 2.72 bits per heavy atom. The van der Waals surface area contributed by atoms with Crippen molar-refractivity contribution in [2.24, 2.45) is 0 Å². The van der Waals surface area contributed by atoms with Gasteiger partial charge in [0, 0.05) is 25.7 Å². The smallest absolute Gasteiger partial charge is 0.330 e. The summed E-state index contributed by atoms with van der Waals surface area (Å²) in [6.07, 6.45) is 4.76. The molecule has 2 aromatic rings. The van der Waals surface area contributed by atoms with E-state index < -0.39 is 16.0 Å². The van der Waals surface area contributed by atoms with Crippen molar-refractivity contribution >= 4 is 27.0 Å². The van der Waals surface area contributed by atoms with Crippen LogP contribution in [0.4, 0.5) is 0 Å². The SMILES string of the molecule is CC/C=C/C(=O)OCc1nc2cc(S(=O)(=O)N3CCOCC3)ccc2n1CCC. The lowest BCUT2D eigenvalue weighted by atomic mass is 10.3. The van der Waals surface area contributed by atoms with E-state index in [0.717, 1.165) is 18.4 Å². The van der Waals surface area contributed by atoms with E-state index in [4.69, 9.17) is 9.47 Å². The van der Waals surface area contributed by atoms with Crippen molar-refractivity contribution in [3.05, 3.63) is 36.2 Å². The van der Waals surface area contributed by atoms with Gasteiger partial charge in [-0.1, -0.05) is 19.9 Å². The molecule has 1 aliphatic rings. The zero-order valence-corrected chi connectivity index (χ0v) is 17.7. The highest BCUT2D eigenvalue weighted by Crippen LogP contribution is 2.24. The number of carbonyl (C=O) groups is 1. The van der Waals surface area contributed by atoms with Crippen LogP contribution >= 0.6 is 0 Å². The second-order valence-electron chi connectivity index (χ2n) is 6.76. The Morgan fingerprint density at radius 1 is 1.28 bits per heavy atom. The van der Waals surface area contributed by atoms with Crippen molar-refractivity contribution in [2.75, 3.05) is 26.3 Å². The minimum Gasteiger partial charge on any atom is -0.454 e. The fraction of sp³-hybridized carbons (Fsp3) is 0.500. The van der Waals surface area contributed by atoms with Crippen LogP contribution in [0, 0.1) is 0 Å². The van der Waals surface area contributed by atoms with Crippen molar-refractivity contribution in [1.82, 2.24) is 13.9 Å². The summed E-state index contributed by atoms with van der Waals surface area (Å²) in [6.45, 7) is 6.20. The zero-order chi connectivity index (χ0) is 20.9. The fourth-order valence-electron chi connectivity index (χ4n) is 3.24. The molecular weight excluding hydrogens is 394 g/mol. The third kappa shape index (κ3) is 4.85. The molecule has 0 bridgehead atoms. The van der Waals surface area contributed by atoms with Gasteiger partial charge in [-0.05, 0) is 31.0 Å². The lowest BCUT2D eigenvalue weighted by molar-refractivity contribution is -0.139. The molecule has 1 aromatic carbocycles. The Hall–Kier alpha value is -2.23. The third-order valence-corrected chi connectivity index (χ3v) is 6.58. The van der Waals surface area contributed by atoms with Gasteiger partial charge in [0.25, 0.3) is 0 Å². The van der Waals surface area contributed by atoms with Crippen molar-refractivity contribution < 1.29 is 22.7 Å². The Labute approximate surface area is 171 Å². The number of aryl methyl sites for hydroxylation is 1. The summed E-state index contributed by atoms with van der Waals surface area (Å²) in [5, 5.41) is 0. The molecule has 1 fully saturated rings. The molecule has 1 saturated heterocycles. The zero-order valence-electron chi connectivity index (χ0n) is 16.8. The maximum atomic E-state index is 12.9. The summed E-state index contributed by atoms with van der Waals surface area (Å²) in [7, 11) is -3.60. The predicted octanol–water partition coefficient (Wildman–Crippen LogP) is 2.48. The lowest BCUT2D eigenvalue weighted by Crippen LogP contribution is -2.40. The summed E-state index contributed by atoms with van der Waals surface area (Å²) >= 11 is 0. The Morgan fingerprint density at radius 2 is 2.03 bits per heavy atom. The Bertz CT molecular complexity index is 991. The van der Waals surface area contributed by atoms with Crippen LogP contribution in [0.3, 0.4) is 0 Å². The van der Waals surface area contributed by atoms with Gasteiger partial charge >= 0.3 is 5.97 Å². The quantitative estimate of drug-likeness (QED) is 0.480. The van der Waals surface area contributed by atoms with Crippen LogP contribution in [-0.2, 0) is 37.4 Å². The van der Waals surface area contributed by atoms with Gasteiger partial charge in [0.1, 0.15) is 12.4 Å². The van der Waals surface area contributed by atoms with Gasteiger partial charge in [-0.15, -0.1) is 0 Å². The average molecular weight is 422 g/mol. The summed E-state index contributed by atoms with van der Waals surface area (Å²) < 4.78 is 39.8. The van der Waals surface area contributed by atoms with E-state index in [1.54, 1.807) is 24.3 Å². The summed E-state index contributed by atoms with van der Waals surface area (Å²) in [4.78, 5) is 16.5. The summed E-state index contributed by atoms with van der Waals surface area (Å²) in [6, 6.07) is 4.98. The fourth-order valence-corrected chi connectivity index (χ4v) is 4.67. The molecule has 3 rings (SSSR count). The van der Waals surface area contributed by atoms with Gasteiger partial charge in [0.05, 0.1) is 29.1 Å². The molecule has 8 nitrogen and oxygen atoms in total. The van der Waals surface area contributed by atoms with E-state index in [1.165, 1.54) is 10.4 Å². The Kier molecular flexibility index (Phi) is 7.05. The lowest BCUT2D eigenvalue weighted by Gasteiger charge is -2.26. The largest absolute Gasteiger partial charge is 0.454 e. The molecule has 0 N–H and O–H groups in total. The minimum absolute atomic E-state index is 0.0348. The molecule has 0 radical (unpaired) electrons. The number of hydrogen-bond donors (Lipinski definition) is 0. The maximum Gasteiger partial charge on any atom is 0.330 e. The monoisotopic (exact) mass is 421 g/mol. The first-order valence-corrected chi connectivity index (χ1v) is 11.3. The number of carbonyl (C=O) groups excluding carboxylic acids is 1. The summed E-state index contributed by atoms with van der Waals surface area (Å²) in [5.74, 6) is 0.179. The van der Waals surface area contributed by atoms with E-state index in [1.807, 2.05) is 18.4 Å². The van der Waals surface area contributed by atoms with Crippen molar-refractivity contribution in [3.63, 3.8) is 0 Å². The number of hydrogen-bond acceptors (Lipinski definition) is 6. The van der Waals surface area contributed by atoms with Crippen molar-refractivity contribution in [2.45, 2.75) is 44.7 Å². The first-order valence-electron chi connectivity index (χ1n) is 9.87. The molecular formula is C20H27N3O5S. The molecule has 158 valence electrons. The highest BCUT2D eigenvalue weighted by Gasteiger charge is 2.27. The molecule has 29 heavy (non-hydrogen) atoms. The molecule has 0 amide bonds. The van der Waals surface area contributed by atoms with Crippen LogP contribution in [-0.4, -0.2) is 54.5 Å². The molecule has 0 unspecified atom stereocenters. The number of aromatic nitrogens is 2. The molecule has 1 aromatic heterocycles. The molecule has 0 atom stereocenters. The van der Waals surface area contributed by atoms with Gasteiger partial charge in [0.15, 0.2) is 0 Å². The van der Waals surface area contributed by atoms with Crippen LogP contribution in [0.15, 0.2) is 35.2 Å². The summed E-state index contributed by atoms with van der Waals surface area (Å²) in [5.41, 5.74) is 1.39. The molecule has 9 heteroatoms. The molecule has 2 heterocycles. The number of nitrogens with zero attached hydrogens (tertiary/aromatic N) is 3. The highest BCUT2D eigenvalue weighted by atomic mass is 32.2. The molecule has 0 saturated carbocycles. The van der Waals surface area contributed by atoms with Crippen molar-refractivity contribution in [3.8, 4) is 0 Å².